The highest BCUT2D eigenvalue weighted by Crippen LogP contribution is 2.41. The summed E-state index contributed by atoms with van der Waals surface area (Å²) >= 11 is 12.0. The number of esters is 1. The molecule has 6 nitrogen and oxygen atoms in total. The third kappa shape index (κ3) is 4.75. The van der Waals surface area contributed by atoms with E-state index in [1.807, 2.05) is 36.4 Å². The molecule has 2 aromatic heterocycles. The summed E-state index contributed by atoms with van der Waals surface area (Å²) in [5, 5.41) is 4.83. The Kier molecular flexibility index (Phi) is 7.00. The molecule has 1 aliphatic rings. The monoisotopic (exact) mass is 482 g/mol. The lowest BCUT2D eigenvalue weighted by Crippen LogP contribution is -2.31. The van der Waals surface area contributed by atoms with Crippen LogP contribution in [0.1, 0.15) is 47.6 Å². The van der Waals surface area contributed by atoms with E-state index in [-0.39, 0.29) is 18.1 Å². The first-order valence-corrected chi connectivity index (χ1v) is 11.7. The Labute approximate surface area is 204 Å². The van der Waals surface area contributed by atoms with Gasteiger partial charge in [-0.2, -0.15) is 0 Å². The third-order valence-corrected chi connectivity index (χ3v) is 6.65. The highest BCUT2D eigenvalue weighted by molar-refractivity contribution is 7.80. The molecule has 0 amide bonds. The van der Waals surface area contributed by atoms with Gasteiger partial charge in [0.25, 0.3) is 0 Å². The van der Waals surface area contributed by atoms with Gasteiger partial charge in [-0.3, -0.25) is 9.78 Å². The summed E-state index contributed by atoms with van der Waals surface area (Å²) in [6.45, 7) is 4.85. The van der Waals surface area contributed by atoms with Crippen molar-refractivity contribution in [2.24, 2.45) is 0 Å². The van der Waals surface area contributed by atoms with Crippen LogP contribution in [0.2, 0.25) is 5.02 Å². The number of methoxy groups -OCH3 is 1. The number of nitrogens with one attached hydrogen (secondary N) is 1. The first-order valence-electron chi connectivity index (χ1n) is 10.9. The molecule has 0 unspecified atom stereocenters. The number of ether oxygens (including phenoxy) is 1. The van der Waals surface area contributed by atoms with E-state index in [2.05, 4.69) is 45.7 Å². The van der Waals surface area contributed by atoms with Gasteiger partial charge in [-0.05, 0) is 74.4 Å². The second kappa shape index (κ2) is 9.93. The van der Waals surface area contributed by atoms with E-state index in [1.165, 1.54) is 7.11 Å². The van der Waals surface area contributed by atoms with E-state index in [0.29, 0.717) is 29.5 Å². The summed E-state index contributed by atoms with van der Waals surface area (Å²) in [7, 11) is 1.41. The Balaban J connectivity index is 1.75. The maximum absolute atomic E-state index is 11.7. The largest absolute Gasteiger partial charge is 0.469 e. The summed E-state index contributed by atoms with van der Waals surface area (Å²) in [6.07, 6.45) is 2.79. The zero-order valence-corrected chi connectivity index (χ0v) is 20.5. The van der Waals surface area contributed by atoms with Crippen molar-refractivity contribution < 1.29 is 9.53 Å². The molecule has 3 heterocycles. The fraction of sp³-hybridized carbons (Fsp3) is 0.320. The topological polar surface area (TPSA) is 59.4 Å². The molecule has 1 fully saturated rings. The van der Waals surface area contributed by atoms with Crippen molar-refractivity contribution in [1.82, 2.24) is 19.8 Å². The smallest absolute Gasteiger partial charge is 0.305 e. The molecule has 0 radical (unpaired) electrons. The van der Waals surface area contributed by atoms with Crippen LogP contribution in [0.4, 0.5) is 0 Å². The average Bonchev–Trinajstić information content (AvgIpc) is 3.29. The Bertz CT molecular complexity index is 1160. The number of pyridine rings is 1. The van der Waals surface area contributed by atoms with E-state index in [9.17, 15) is 4.79 Å². The first-order chi connectivity index (χ1) is 15.9. The Morgan fingerprint density at radius 3 is 2.73 bits per heavy atom. The molecule has 33 heavy (non-hydrogen) atoms. The van der Waals surface area contributed by atoms with Crippen molar-refractivity contribution in [2.45, 2.75) is 38.8 Å². The summed E-state index contributed by atoms with van der Waals surface area (Å²) in [5.41, 5.74) is 5.33. The van der Waals surface area contributed by atoms with Gasteiger partial charge in [0.1, 0.15) is 0 Å². The van der Waals surface area contributed by atoms with Gasteiger partial charge in [0.15, 0.2) is 5.11 Å². The van der Waals surface area contributed by atoms with Gasteiger partial charge in [0, 0.05) is 41.3 Å². The molecule has 0 bridgehead atoms. The highest BCUT2D eigenvalue weighted by Gasteiger charge is 2.41. The molecule has 1 aromatic carbocycles. The average molecular weight is 483 g/mol. The van der Waals surface area contributed by atoms with E-state index in [0.717, 1.165) is 28.3 Å². The van der Waals surface area contributed by atoms with Crippen LogP contribution in [0.25, 0.3) is 5.69 Å². The number of hydrogen-bond donors (Lipinski definition) is 1. The van der Waals surface area contributed by atoms with E-state index in [4.69, 9.17) is 28.6 Å². The molecule has 0 saturated carbocycles. The van der Waals surface area contributed by atoms with Gasteiger partial charge in [-0.25, -0.2) is 0 Å². The van der Waals surface area contributed by atoms with Crippen molar-refractivity contribution in [2.75, 3.05) is 13.7 Å². The maximum Gasteiger partial charge on any atom is 0.305 e. The van der Waals surface area contributed by atoms with Crippen molar-refractivity contribution in [1.29, 1.82) is 0 Å². The minimum absolute atomic E-state index is 0.0656. The van der Waals surface area contributed by atoms with Crippen LogP contribution in [0.5, 0.6) is 0 Å². The molecule has 0 aliphatic carbocycles. The molecule has 2 atom stereocenters. The molecule has 172 valence electrons. The lowest BCUT2D eigenvalue weighted by molar-refractivity contribution is -0.140. The maximum atomic E-state index is 11.7. The predicted octanol–water partition coefficient (Wildman–Crippen LogP) is 5.07. The predicted molar refractivity (Wildman–Crippen MR) is 134 cm³/mol. The van der Waals surface area contributed by atoms with Crippen LogP contribution in [-0.4, -0.2) is 39.2 Å². The summed E-state index contributed by atoms with van der Waals surface area (Å²) in [6, 6.07) is 15.8. The second-order valence-electron chi connectivity index (χ2n) is 8.14. The van der Waals surface area contributed by atoms with Gasteiger partial charge in [0.05, 0.1) is 24.9 Å². The Morgan fingerprint density at radius 1 is 1.21 bits per heavy atom. The van der Waals surface area contributed by atoms with Crippen molar-refractivity contribution >= 4 is 34.9 Å². The van der Waals surface area contributed by atoms with Crippen LogP contribution < -0.4 is 5.32 Å². The van der Waals surface area contributed by atoms with Crippen molar-refractivity contribution in [3.8, 4) is 5.69 Å². The lowest BCUT2D eigenvalue weighted by atomic mass is 9.96. The number of thiocarbonyl (C=S) groups is 1. The quantitative estimate of drug-likeness (QED) is 0.375. The van der Waals surface area contributed by atoms with Crippen LogP contribution in [0, 0.1) is 13.8 Å². The molecular weight excluding hydrogens is 456 g/mol. The third-order valence-electron chi connectivity index (χ3n) is 6.06. The molecule has 3 aromatic rings. The Morgan fingerprint density at radius 2 is 2.03 bits per heavy atom. The molecular formula is C25H27ClN4O2S. The number of rotatable bonds is 7. The number of aromatic nitrogens is 2. The normalized spacial score (nSPS) is 17.8. The van der Waals surface area contributed by atoms with Crippen LogP contribution in [-0.2, 0) is 9.53 Å². The zero-order valence-electron chi connectivity index (χ0n) is 18.9. The van der Waals surface area contributed by atoms with E-state index in [1.54, 1.807) is 6.20 Å². The van der Waals surface area contributed by atoms with Crippen molar-refractivity contribution in [3.63, 3.8) is 0 Å². The highest BCUT2D eigenvalue weighted by atomic mass is 35.5. The molecule has 1 N–H and O–H groups in total. The minimum Gasteiger partial charge on any atom is -0.469 e. The number of nitrogens with zero attached hydrogens (tertiary/aromatic N) is 3. The number of benzene rings is 1. The first kappa shape index (κ1) is 23.3. The number of carbonyl (C=O) groups excluding carboxylic acids is 1. The molecule has 8 heteroatoms. The number of carbonyl (C=O) groups is 1. The standard InChI is InChI=1S/C25H27ClN4O2S/c1-16-14-20(17(2)30(16)19-9-6-8-18(26)15-19)24-23(21-10-4-5-12-27-21)28-25(33)29(24)13-7-11-22(31)32-3/h4-6,8-10,12,14-15,23-24H,7,11,13H2,1-3H3,(H,28,33)/t23-,24+/m0/s1. The molecule has 1 aliphatic heterocycles. The van der Waals surface area contributed by atoms with Crippen LogP contribution in [0.15, 0.2) is 54.7 Å². The van der Waals surface area contributed by atoms with Crippen molar-refractivity contribution in [3.05, 3.63) is 82.4 Å². The van der Waals surface area contributed by atoms with Gasteiger partial charge >= 0.3 is 5.97 Å². The molecule has 1 saturated heterocycles. The molecule has 4 rings (SSSR count). The summed E-state index contributed by atoms with van der Waals surface area (Å²) < 4.78 is 7.02. The molecule has 0 spiro atoms. The fourth-order valence-corrected chi connectivity index (χ4v) is 5.10. The summed E-state index contributed by atoms with van der Waals surface area (Å²) in [5.74, 6) is -0.218. The van der Waals surface area contributed by atoms with Gasteiger partial charge in [-0.1, -0.05) is 23.7 Å². The number of halogens is 1. The van der Waals surface area contributed by atoms with Gasteiger partial charge in [-0.15, -0.1) is 0 Å². The summed E-state index contributed by atoms with van der Waals surface area (Å²) in [4.78, 5) is 18.5. The number of hydrogen-bond acceptors (Lipinski definition) is 4. The van der Waals surface area contributed by atoms with Crippen LogP contribution in [0.3, 0.4) is 0 Å². The van der Waals surface area contributed by atoms with E-state index >= 15 is 0 Å². The lowest BCUT2D eigenvalue weighted by Gasteiger charge is -2.28. The zero-order chi connectivity index (χ0) is 23.5. The van der Waals surface area contributed by atoms with E-state index < -0.39 is 0 Å². The SMILES string of the molecule is COC(=O)CCCN1C(=S)N[C@@H](c2ccccn2)[C@H]1c1cc(C)n(-c2cccc(Cl)c2)c1C. The second-order valence-corrected chi connectivity index (χ2v) is 8.96. The van der Waals surface area contributed by atoms with Crippen LogP contribution >= 0.6 is 23.8 Å². The van der Waals surface area contributed by atoms with Gasteiger partial charge in [0.2, 0.25) is 0 Å². The minimum atomic E-state index is -0.218. The number of aryl methyl sites for hydroxylation is 1. The van der Waals surface area contributed by atoms with Gasteiger partial charge < -0.3 is 19.5 Å². The Hall–Kier alpha value is -2.90. The fourth-order valence-electron chi connectivity index (χ4n) is 4.58.